The Balaban J connectivity index is 3.02. The van der Waals surface area contributed by atoms with Crippen LogP contribution < -0.4 is 11.1 Å². The molecule has 0 bridgehead atoms. The molecule has 136 valence electrons. The predicted octanol–water partition coefficient (Wildman–Crippen LogP) is 0.350. The summed E-state index contributed by atoms with van der Waals surface area (Å²) in [6.45, 7) is 5.11. The van der Waals surface area contributed by atoms with E-state index >= 15 is 0 Å². The molecule has 0 saturated heterocycles. The van der Waals surface area contributed by atoms with Crippen molar-refractivity contribution in [3.05, 3.63) is 11.6 Å². The Morgan fingerprint density at radius 1 is 1.42 bits per heavy atom. The molecule has 0 aromatic rings. The third-order valence-electron chi connectivity index (χ3n) is 3.75. The topological polar surface area (TPSA) is 128 Å². The average molecular weight is 342 g/mol. The van der Waals surface area contributed by atoms with Crippen molar-refractivity contribution in [1.82, 2.24) is 5.32 Å². The maximum absolute atomic E-state index is 12.0. The van der Waals surface area contributed by atoms with Crippen LogP contribution in [0.3, 0.4) is 0 Å². The van der Waals surface area contributed by atoms with Crippen LogP contribution in [0, 0.1) is 0 Å². The van der Waals surface area contributed by atoms with Gasteiger partial charge in [0.1, 0.15) is 0 Å². The monoisotopic (exact) mass is 342 g/mol. The molecule has 0 aromatic carbocycles. The second-order valence-corrected chi connectivity index (χ2v) is 5.74. The first kappa shape index (κ1) is 20.1. The minimum Gasteiger partial charge on any atom is -0.481 e. The van der Waals surface area contributed by atoms with Crippen LogP contribution in [0.25, 0.3) is 0 Å². The highest BCUT2D eigenvalue weighted by molar-refractivity contribution is 5.89. The quantitative estimate of drug-likeness (QED) is 0.543. The van der Waals surface area contributed by atoms with E-state index in [1.54, 1.807) is 19.9 Å². The normalized spacial score (nSPS) is 24.7. The van der Waals surface area contributed by atoms with Crippen LogP contribution in [0.4, 0.5) is 0 Å². The number of carbonyl (C=O) groups is 3. The number of nitrogens with one attached hydrogen (secondary N) is 1. The van der Waals surface area contributed by atoms with Gasteiger partial charge >= 0.3 is 11.9 Å². The molecular formula is C16H26N2O6. The minimum atomic E-state index is -0.979. The lowest BCUT2D eigenvalue weighted by Gasteiger charge is -2.36. The van der Waals surface area contributed by atoms with E-state index in [0.29, 0.717) is 12.0 Å². The van der Waals surface area contributed by atoms with Crippen molar-refractivity contribution in [3.8, 4) is 0 Å². The van der Waals surface area contributed by atoms with Crippen LogP contribution in [0.15, 0.2) is 11.6 Å². The molecule has 4 atom stereocenters. The smallest absolute Gasteiger partial charge is 0.333 e. The maximum Gasteiger partial charge on any atom is 0.333 e. The van der Waals surface area contributed by atoms with E-state index in [2.05, 4.69) is 5.32 Å². The van der Waals surface area contributed by atoms with Gasteiger partial charge in [0.25, 0.3) is 0 Å². The number of rotatable bonds is 8. The van der Waals surface area contributed by atoms with E-state index in [1.165, 1.54) is 6.92 Å². The van der Waals surface area contributed by atoms with Gasteiger partial charge in [-0.25, -0.2) is 4.79 Å². The SMILES string of the molecule is CCOC(=O)C1=C[C@@H](OC(CC)CC(=O)O)[C@H](NC(C)=O)[C@@H](N)C1. The summed E-state index contributed by atoms with van der Waals surface area (Å²) in [5.41, 5.74) is 6.48. The van der Waals surface area contributed by atoms with Gasteiger partial charge in [-0.15, -0.1) is 0 Å². The number of nitrogens with two attached hydrogens (primary N) is 1. The zero-order valence-electron chi connectivity index (χ0n) is 14.3. The van der Waals surface area contributed by atoms with Gasteiger partial charge < -0.3 is 25.6 Å². The summed E-state index contributed by atoms with van der Waals surface area (Å²) in [6.07, 6.45) is 0.895. The summed E-state index contributed by atoms with van der Waals surface area (Å²) in [5.74, 6) is -1.73. The molecule has 1 amide bonds. The van der Waals surface area contributed by atoms with Crippen LogP contribution >= 0.6 is 0 Å². The summed E-state index contributed by atoms with van der Waals surface area (Å²) in [4.78, 5) is 34.3. The van der Waals surface area contributed by atoms with Crippen molar-refractivity contribution in [1.29, 1.82) is 0 Å². The summed E-state index contributed by atoms with van der Waals surface area (Å²) in [7, 11) is 0. The number of esters is 1. The number of hydrogen-bond donors (Lipinski definition) is 3. The fourth-order valence-corrected chi connectivity index (χ4v) is 2.62. The molecule has 0 aromatic heterocycles. The first-order chi connectivity index (χ1) is 11.3. The van der Waals surface area contributed by atoms with Crippen molar-refractivity contribution in [2.75, 3.05) is 6.61 Å². The molecule has 0 saturated carbocycles. The molecule has 0 aliphatic heterocycles. The molecule has 8 heteroatoms. The first-order valence-electron chi connectivity index (χ1n) is 8.06. The van der Waals surface area contributed by atoms with Gasteiger partial charge in [-0.05, 0) is 25.8 Å². The van der Waals surface area contributed by atoms with Crippen molar-refractivity contribution in [2.24, 2.45) is 5.73 Å². The van der Waals surface area contributed by atoms with Gasteiger partial charge in [0.15, 0.2) is 0 Å². The van der Waals surface area contributed by atoms with Crippen LogP contribution in [0.2, 0.25) is 0 Å². The molecule has 4 N–H and O–H groups in total. The van der Waals surface area contributed by atoms with Gasteiger partial charge in [-0.1, -0.05) is 6.92 Å². The fourth-order valence-electron chi connectivity index (χ4n) is 2.62. The van der Waals surface area contributed by atoms with Crippen molar-refractivity contribution >= 4 is 17.8 Å². The van der Waals surface area contributed by atoms with Crippen LogP contribution in [0.1, 0.15) is 40.0 Å². The second kappa shape index (κ2) is 9.39. The maximum atomic E-state index is 12.0. The molecule has 0 fully saturated rings. The Labute approximate surface area is 141 Å². The van der Waals surface area contributed by atoms with Gasteiger partial charge in [-0.3, -0.25) is 9.59 Å². The van der Waals surface area contributed by atoms with Crippen LogP contribution in [-0.4, -0.2) is 53.9 Å². The fraction of sp³-hybridized carbons (Fsp3) is 0.688. The predicted molar refractivity (Wildman–Crippen MR) is 86.1 cm³/mol. The lowest BCUT2D eigenvalue weighted by Crippen LogP contribution is -2.57. The van der Waals surface area contributed by atoms with Crippen molar-refractivity contribution in [2.45, 2.75) is 64.3 Å². The third kappa shape index (κ3) is 5.93. The van der Waals surface area contributed by atoms with Gasteiger partial charge in [0.05, 0.1) is 31.3 Å². The number of carbonyl (C=O) groups excluding carboxylic acids is 2. The standard InChI is InChI=1S/C16H26N2O6/c1-4-11(8-14(20)21)24-13-7-10(16(22)23-5-2)6-12(17)15(13)18-9(3)19/h7,11-13,15H,4-6,8,17H2,1-3H3,(H,18,19)(H,20,21)/t11?,12-,13+,15+/m0/s1. The van der Waals surface area contributed by atoms with Gasteiger partial charge in [-0.2, -0.15) is 0 Å². The zero-order chi connectivity index (χ0) is 18.3. The Kier molecular flexibility index (Phi) is 7.87. The Morgan fingerprint density at radius 2 is 2.08 bits per heavy atom. The first-order valence-corrected chi connectivity index (χ1v) is 8.06. The molecular weight excluding hydrogens is 316 g/mol. The summed E-state index contributed by atoms with van der Waals surface area (Å²) >= 11 is 0. The van der Waals surface area contributed by atoms with E-state index in [9.17, 15) is 14.4 Å². The molecule has 0 spiro atoms. The zero-order valence-corrected chi connectivity index (χ0v) is 14.3. The number of carboxylic acids is 1. The third-order valence-corrected chi connectivity index (χ3v) is 3.75. The number of aliphatic carboxylic acids is 1. The van der Waals surface area contributed by atoms with Gasteiger partial charge in [0.2, 0.25) is 5.91 Å². The minimum absolute atomic E-state index is 0.169. The summed E-state index contributed by atoms with van der Waals surface area (Å²) in [6, 6.07) is -1.07. The molecule has 8 nitrogen and oxygen atoms in total. The molecule has 0 heterocycles. The highest BCUT2D eigenvalue weighted by Crippen LogP contribution is 2.24. The summed E-state index contributed by atoms with van der Waals surface area (Å²) < 4.78 is 10.8. The average Bonchev–Trinajstić information content (AvgIpc) is 2.49. The largest absolute Gasteiger partial charge is 0.481 e. The number of carboxylic acid groups (broad SMARTS) is 1. The van der Waals surface area contributed by atoms with Gasteiger partial charge in [0, 0.05) is 18.5 Å². The molecule has 1 aliphatic rings. The Morgan fingerprint density at radius 3 is 2.58 bits per heavy atom. The van der Waals surface area contributed by atoms with E-state index in [0.717, 1.165) is 0 Å². The van der Waals surface area contributed by atoms with Crippen molar-refractivity contribution in [3.63, 3.8) is 0 Å². The highest BCUT2D eigenvalue weighted by Gasteiger charge is 2.36. The van der Waals surface area contributed by atoms with E-state index in [4.69, 9.17) is 20.3 Å². The van der Waals surface area contributed by atoms with E-state index < -0.39 is 36.2 Å². The number of ether oxygens (including phenoxy) is 2. The number of hydrogen-bond acceptors (Lipinski definition) is 6. The van der Waals surface area contributed by atoms with E-state index in [1.807, 2.05) is 0 Å². The molecule has 0 radical (unpaired) electrons. The van der Waals surface area contributed by atoms with Crippen molar-refractivity contribution < 1.29 is 29.0 Å². The Hall–Kier alpha value is -1.93. The second-order valence-electron chi connectivity index (χ2n) is 5.74. The van der Waals surface area contributed by atoms with Crippen LogP contribution in [-0.2, 0) is 23.9 Å². The lowest BCUT2D eigenvalue weighted by atomic mass is 9.88. The number of amides is 1. The van der Waals surface area contributed by atoms with Crippen LogP contribution in [0.5, 0.6) is 0 Å². The Bertz CT molecular complexity index is 505. The highest BCUT2D eigenvalue weighted by atomic mass is 16.5. The molecule has 1 rings (SSSR count). The molecule has 1 unspecified atom stereocenters. The van der Waals surface area contributed by atoms with E-state index in [-0.39, 0.29) is 25.4 Å². The lowest BCUT2D eigenvalue weighted by molar-refractivity contribution is -0.143. The summed E-state index contributed by atoms with van der Waals surface area (Å²) in [5, 5.41) is 11.7. The molecule has 24 heavy (non-hydrogen) atoms. The molecule has 1 aliphatic carbocycles.